The van der Waals surface area contributed by atoms with Gasteiger partial charge in [0.15, 0.2) is 5.78 Å². The van der Waals surface area contributed by atoms with Crippen molar-refractivity contribution in [3.05, 3.63) is 59.9 Å². The summed E-state index contributed by atoms with van der Waals surface area (Å²) in [7, 11) is -0.611. The van der Waals surface area contributed by atoms with E-state index in [1.54, 1.807) is 18.6 Å². The molecule has 0 bridgehead atoms. The third kappa shape index (κ3) is 8.00. The van der Waals surface area contributed by atoms with Gasteiger partial charge >= 0.3 is 0 Å². The fourth-order valence-corrected chi connectivity index (χ4v) is 1.62. The molecule has 2 rings (SSSR count). The van der Waals surface area contributed by atoms with Crippen molar-refractivity contribution in [2.24, 2.45) is 0 Å². The van der Waals surface area contributed by atoms with Gasteiger partial charge in [-0.25, -0.2) is 0 Å². The molecule has 2 aromatic carbocycles. The number of allylic oxidation sites excluding steroid dienone is 2. The van der Waals surface area contributed by atoms with E-state index in [2.05, 4.69) is 0 Å². The average Bonchev–Trinajstić information content (AvgIpc) is 2.36. The second kappa shape index (κ2) is 10.4. The molecule has 0 saturated carbocycles. The maximum atomic E-state index is 11.7. The van der Waals surface area contributed by atoms with Crippen LogP contribution in [0.15, 0.2) is 54.3 Å². The van der Waals surface area contributed by atoms with E-state index in [9.17, 15) is 9.00 Å². The number of hydrogen-bond acceptors (Lipinski definition) is 3. The molecule has 0 aliphatic rings. The van der Waals surface area contributed by atoms with E-state index in [4.69, 9.17) is 5.11 Å². The number of carbonyl (C=O) groups is 1. The Labute approximate surface area is 168 Å². The van der Waals surface area contributed by atoms with Crippen LogP contribution >= 0.6 is 0 Å². The quantitative estimate of drug-likeness (QED) is 0.440. The molecule has 113 valence electrons. The van der Waals surface area contributed by atoms with Crippen LogP contribution in [0, 0.1) is 49.4 Å². The van der Waals surface area contributed by atoms with Gasteiger partial charge in [-0.3, -0.25) is 9.00 Å². The van der Waals surface area contributed by atoms with E-state index in [1.165, 1.54) is 13.0 Å². The van der Waals surface area contributed by atoms with E-state index in [0.717, 1.165) is 10.8 Å². The van der Waals surface area contributed by atoms with Crippen LogP contribution < -0.4 is 0 Å². The number of benzene rings is 2. The van der Waals surface area contributed by atoms with Gasteiger partial charge in [0.2, 0.25) is 0 Å². The fraction of sp³-hybridized carbons (Fsp3) is 0.188. The molecule has 0 saturated heterocycles. The summed E-state index contributed by atoms with van der Waals surface area (Å²) >= 11 is 0. The first kappa shape index (κ1) is 20.6. The minimum Gasteiger partial charge on any atom is -0.512 e. The molecule has 0 amide bonds. The van der Waals surface area contributed by atoms with Gasteiger partial charge in [0.25, 0.3) is 0 Å². The second-order valence-electron chi connectivity index (χ2n) is 4.45. The van der Waals surface area contributed by atoms with E-state index >= 15 is 0 Å². The van der Waals surface area contributed by atoms with Crippen molar-refractivity contribution in [3.63, 3.8) is 0 Å². The molecular weight excluding hydrogens is 424 g/mol. The van der Waals surface area contributed by atoms with Gasteiger partial charge in [-0.15, -0.1) is 0 Å². The number of aliphatic hydroxyl groups excluding tert-OH is 1. The summed E-state index contributed by atoms with van der Waals surface area (Å²) in [6.07, 6.45) is 4.50. The Bertz CT molecular complexity index is 657. The van der Waals surface area contributed by atoms with Crippen LogP contribution in [-0.2, 0) is 10.8 Å². The van der Waals surface area contributed by atoms with E-state index < -0.39 is 10.8 Å². The molecule has 5 heteroatoms. The first-order chi connectivity index (χ1) is 9.40. The van der Waals surface area contributed by atoms with Crippen LogP contribution in [0.1, 0.15) is 17.3 Å². The van der Waals surface area contributed by atoms with Crippen molar-refractivity contribution in [1.29, 1.82) is 0 Å². The Balaban J connectivity index is 0.000000715. The van der Waals surface area contributed by atoms with Gasteiger partial charge in [0.1, 0.15) is 0 Å². The molecule has 1 N–H and O–H groups in total. The number of carbonyl (C=O) groups excluding carboxylic acids is 1. The topological polar surface area (TPSA) is 54.4 Å². The second-order valence-corrected chi connectivity index (χ2v) is 5.94. The molecule has 0 unspecified atom stereocenters. The zero-order chi connectivity index (χ0) is 15.1. The third-order valence-electron chi connectivity index (χ3n) is 2.37. The molecule has 0 aromatic heterocycles. The number of rotatable bonds is 2. The third-order valence-corrected chi connectivity index (χ3v) is 2.37. The summed E-state index contributed by atoms with van der Waals surface area (Å²) in [5.41, 5.74) is 0.590. The molecule has 0 fully saturated rings. The number of aliphatic hydroxyl groups is 1. The summed E-state index contributed by atoms with van der Waals surface area (Å²) < 4.78 is 9.56. The number of hydrogen-bond donors (Lipinski definition) is 1. The predicted octanol–water partition coefficient (Wildman–Crippen LogP) is 3.48. The maximum Gasteiger partial charge on any atom is 0.189 e. The average molecular weight is 442 g/mol. The summed E-state index contributed by atoms with van der Waals surface area (Å²) in [6, 6.07) is 13.4. The molecule has 2 aromatic rings. The Hall–Kier alpha value is -0.356. The largest absolute Gasteiger partial charge is 0.512 e. The van der Waals surface area contributed by atoms with Crippen molar-refractivity contribution < 1.29 is 63.5 Å². The van der Waals surface area contributed by atoms with E-state index in [-0.39, 0.29) is 60.9 Å². The van der Waals surface area contributed by atoms with Crippen LogP contribution in [0.3, 0.4) is 0 Å². The van der Waals surface area contributed by atoms with Crippen LogP contribution in [0.5, 0.6) is 0 Å². The van der Waals surface area contributed by atoms with Crippen LogP contribution in [0.4, 0.5) is 0 Å². The van der Waals surface area contributed by atoms with Gasteiger partial charge in [0, 0.05) is 84.3 Å². The van der Waals surface area contributed by atoms with E-state index in [0.29, 0.717) is 5.56 Å². The van der Waals surface area contributed by atoms with Crippen molar-refractivity contribution >= 4 is 27.4 Å². The van der Waals surface area contributed by atoms with Crippen molar-refractivity contribution in [2.75, 3.05) is 12.5 Å². The molecule has 0 spiro atoms. The van der Waals surface area contributed by atoms with E-state index in [1.807, 2.05) is 36.4 Å². The number of ketones is 1. The first-order valence-corrected chi connectivity index (χ1v) is 8.02. The summed E-state index contributed by atoms with van der Waals surface area (Å²) in [5, 5.41) is 11.2. The smallest absolute Gasteiger partial charge is 0.189 e. The summed E-state index contributed by atoms with van der Waals surface area (Å²) in [6.45, 7) is 1.49. The molecule has 0 aliphatic carbocycles. The van der Waals surface area contributed by atoms with Gasteiger partial charge in [-0.2, -0.15) is 0 Å². The fourth-order valence-electron chi connectivity index (χ4n) is 1.62. The Morgan fingerprint density at radius 1 is 1.10 bits per heavy atom. The van der Waals surface area contributed by atoms with Gasteiger partial charge in [0.05, 0.1) is 5.76 Å². The zero-order valence-corrected chi connectivity index (χ0v) is 15.4. The summed E-state index contributed by atoms with van der Waals surface area (Å²) in [4.78, 5) is 11.7. The van der Waals surface area contributed by atoms with Crippen LogP contribution in [-0.4, -0.2) is 27.6 Å². The monoisotopic (exact) mass is 443 g/mol. The SMILES string of the molecule is CC(O)=CC(=O)c1ccc2ccccc2c1.CS(C)=O.[Eu]. The van der Waals surface area contributed by atoms with Gasteiger partial charge < -0.3 is 5.11 Å². The van der Waals surface area contributed by atoms with Crippen molar-refractivity contribution in [3.8, 4) is 0 Å². The minimum atomic E-state index is -0.611. The molecule has 1 radical (unpaired) electrons. The molecular formula is C16H18EuO3S. The maximum absolute atomic E-state index is 11.7. The standard InChI is InChI=1S/C14H12O2.C2H6OS.Eu/c1-10(15)8-14(16)13-7-6-11-4-2-3-5-12(11)9-13;1-4(2)3;/h2-9,15H,1H3;1-2H3;. The summed E-state index contributed by atoms with van der Waals surface area (Å²) in [5.74, 6) is -0.149. The zero-order valence-electron chi connectivity index (χ0n) is 12.2. The van der Waals surface area contributed by atoms with Crippen LogP contribution in [0.2, 0.25) is 0 Å². The molecule has 3 nitrogen and oxygen atoms in total. The van der Waals surface area contributed by atoms with Crippen LogP contribution in [0.25, 0.3) is 10.8 Å². The first-order valence-electron chi connectivity index (χ1n) is 6.05. The normalized spacial score (nSPS) is 10.6. The molecule has 21 heavy (non-hydrogen) atoms. The van der Waals surface area contributed by atoms with Gasteiger partial charge in [-0.05, 0) is 23.8 Å². The molecule has 0 atom stereocenters. The number of fused-ring (bicyclic) bond motifs is 1. The Morgan fingerprint density at radius 2 is 1.62 bits per heavy atom. The molecule has 0 heterocycles. The van der Waals surface area contributed by atoms with Crippen molar-refractivity contribution in [1.82, 2.24) is 0 Å². The molecule has 0 aliphatic heterocycles. The van der Waals surface area contributed by atoms with Crippen molar-refractivity contribution in [2.45, 2.75) is 6.92 Å². The van der Waals surface area contributed by atoms with Gasteiger partial charge in [-0.1, -0.05) is 36.4 Å². The predicted molar refractivity (Wildman–Crippen MR) is 84.7 cm³/mol. The Kier molecular flexibility index (Phi) is 10.2. The minimum absolute atomic E-state index is 0. The Morgan fingerprint density at radius 3 is 2.14 bits per heavy atom.